The molecular formula is C4H10F5O3Sb. The van der Waals surface area contributed by atoms with Crippen molar-refractivity contribution < 1.29 is 38.5 Å². The molecule has 84 valence electrons. The Hall–Kier alpha value is 0.348. The maximum Gasteiger partial charge on any atom is 5.00 e. The minimum atomic E-state index is 0. The molecule has 0 aliphatic heterocycles. The van der Waals surface area contributed by atoms with Gasteiger partial charge >= 0.3 is 24.4 Å². The number of ether oxygens (including phenoxy) is 1. The van der Waals surface area contributed by atoms with Crippen LogP contribution in [0.2, 0.25) is 0 Å². The molecule has 0 fully saturated rings. The fraction of sp³-hybridized carbons (Fsp3) is 1.00. The third-order valence-corrected chi connectivity index (χ3v) is 0.471. The summed E-state index contributed by atoms with van der Waals surface area (Å²) in [6.07, 6.45) is 0. The normalized spacial score (nSPS) is 5.08. The van der Waals surface area contributed by atoms with Gasteiger partial charge in [0.1, 0.15) is 0 Å². The molecule has 0 bridgehead atoms. The minimum Gasteiger partial charge on any atom is -1.00 e. The van der Waals surface area contributed by atoms with Crippen LogP contribution < -0.4 is 23.5 Å². The molecule has 0 atom stereocenters. The fourth-order valence-corrected chi connectivity index (χ4v) is 0.231. The Morgan fingerprint density at radius 1 is 0.692 bits per heavy atom. The summed E-state index contributed by atoms with van der Waals surface area (Å²) < 4.78 is 4.63. The van der Waals surface area contributed by atoms with Crippen molar-refractivity contribution in [1.29, 1.82) is 0 Å². The van der Waals surface area contributed by atoms with Gasteiger partial charge in [-0.2, -0.15) is 0 Å². The maximum absolute atomic E-state index is 8.09. The van der Waals surface area contributed by atoms with Gasteiger partial charge in [0.2, 0.25) is 0 Å². The average molecular weight is 323 g/mol. The van der Waals surface area contributed by atoms with Gasteiger partial charge in [0.25, 0.3) is 0 Å². The quantitative estimate of drug-likeness (QED) is 0.307. The van der Waals surface area contributed by atoms with E-state index in [0.29, 0.717) is 13.2 Å². The van der Waals surface area contributed by atoms with Crippen LogP contribution in [0.1, 0.15) is 0 Å². The molecule has 0 radical (unpaired) electrons. The van der Waals surface area contributed by atoms with Crippen molar-refractivity contribution in [3.8, 4) is 0 Å². The van der Waals surface area contributed by atoms with E-state index < -0.39 is 0 Å². The first-order valence-electron chi connectivity index (χ1n) is 2.21. The number of rotatable bonds is 4. The first-order valence-corrected chi connectivity index (χ1v) is 2.21. The van der Waals surface area contributed by atoms with Crippen LogP contribution in [-0.2, 0) is 4.74 Å². The van der Waals surface area contributed by atoms with Crippen LogP contribution in [0.4, 0.5) is 0 Å². The fourth-order valence-electron chi connectivity index (χ4n) is 0.231. The third kappa shape index (κ3) is 69.9. The molecule has 13 heavy (non-hydrogen) atoms. The largest absolute Gasteiger partial charge is 5.00 e. The predicted molar refractivity (Wildman–Crippen MR) is 30.7 cm³/mol. The summed E-state index contributed by atoms with van der Waals surface area (Å²) in [5.41, 5.74) is 0. The minimum absolute atomic E-state index is 0. The molecule has 0 saturated heterocycles. The van der Waals surface area contributed by atoms with Gasteiger partial charge in [0.05, 0.1) is 26.4 Å². The van der Waals surface area contributed by atoms with Gasteiger partial charge in [0, 0.05) is 0 Å². The van der Waals surface area contributed by atoms with Crippen molar-refractivity contribution in [2.75, 3.05) is 26.4 Å². The molecule has 0 heterocycles. The Kier molecular flexibility index (Phi) is 216. The molecule has 0 aliphatic rings. The molecular weight excluding hydrogens is 313 g/mol. The van der Waals surface area contributed by atoms with Gasteiger partial charge in [-0.25, -0.2) is 0 Å². The number of hydrogen-bond acceptors (Lipinski definition) is 3. The van der Waals surface area contributed by atoms with Gasteiger partial charge in [-0.05, 0) is 0 Å². The van der Waals surface area contributed by atoms with Crippen LogP contribution in [0.5, 0.6) is 0 Å². The van der Waals surface area contributed by atoms with Crippen LogP contribution in [0.3, 0.4) is 0 Å². The van der Waals surface area contributed by atoms with Gasteiger partial charge in [0.15, 0.2) is 0 Å². The Labute approximate surface area is 89.7 Å². The van der Waals surface area contributed by atoms with Crippen molar-refractivity contribution in [1.82, 2.24) is 0 Å². The van der Waals surface area contributed by atoms with Crippen LogP contribution >= 0.6 is 0 Å². The van der Waals surface area contributed by atoms with E-state index in [9.17, 15) is 0 Å². The summed E-state index contributed by atoms with van der Waals surface area (Å²) in [7, 11) is 0. The van der Waals surface area contributed by atoms with E-state index in [4.69, 9.17) is 10.2 Å². The predicted octanol–water partition coefficient (Wildman–Crippen LogP) is -16.4. The average Bonchev–Trinajstić information content (AvgIpc) is 1.69. The van der Waals surface area contributed by atoms with E-state index in [2.05, 4.69) is 4.74 Å². The van der Waals surface area contributed by atoms with Gasteiger partial charge < -0.3 is 38.5 Å². The third-order valence-electron chi connectivity index (χ3n) is 0.471. The van der Waals surface area contributed by atoms with Crippen molar-refractivity contribution in [2.45, 2.75) is 0 Å². The van der Waals surface area contributed by atoms with Crippen LogP contribution in [0.25, 0.3) is 0 Å². The molecule has 0 aromatic heterocycles. The zero-order valence-corrected chi connectivity index (χ0v) is 9.02. The number of aliphatic hydroxyl groups excluding tert-OH is 2. The van der Waals surface area contributed by atoms with E-state index in [-0.39, 0.29) is 61.2 Å². The Morgan fingerprint density at radius 3 is 1.08 bits per heavy atom. The zero-order valence-electron chi connectivity index (χ0n) is 6.47. The van der Waals surface area contributed by atoms with E-state index in [0.717, 1.165) is 0 Å². The van der Waals surface area contributed by atoms with Gasteiger partial charge in [-0.1, -0.05) is 0 Å². The molecule has 0 aromatic rings. The van der Waals surface area contributed by atoms with Crippen molar-refractivity contribution in [3.05, 3.63) is 0 Å². The van der Waals surface area contributed by atoms with E-state index in [1.807, 2.05) is 0 Å². The second-order valence-corrected chi connectivity index (χ2v) is 1.06. The summed E-state index contributed by atoms with van der Waals surface area (Å²) >= 11 is 0. The maximum atomic E-state index is 8.09. The first kappa shape index (κ1) is 50.5. The van der Waals surface area contributed by atoms with Crippen LogP contribution in [0, 0.1) is 0 Å². The molecule has 2 N–H and O–H groups in total. The Morgan fingerprint density at radius 2 is 0.923 bits per heavy atom. The molecule has 0 unspecified atom stereocenters. The van der Waals surface area contributed by atoms with Gasteiger partial charge in [-0.15, -0.1) is 0 Å². The van der Waals surface area contributed by atoms with Gasteiger partial charge in [-0.3, -0.25) is 0 Å². The number of hydrogen-bond donors (Lipinski definition) is 2. The molecule has 0 rings (SSSR count). The van der Waals surface area contributed by atoms with E-state index in [1.54, 1.807) is 0 Å². The molecule has 3 nitrogen and oxygen atoms in total. The Bertz CT molecular complexity index is 43.0. The van der Waals surface area contributed by atoms with Crippen LogP contribution in [-0.4, -0.2) is 61.1 Å². The van der Waals surface area contributed by atoms with E-state index in [1.165, 1.54) is 0 Å². The molecule has 9 heteroatoms. The topological polar surface area (TPSA) is 49.7 Å². The SMILES string of the molecule is OCCOCCO.[F-].[F-].[F-].[F-].[F-].[Sb+5]. The smallest absolute Gasteiger partial charge is 1.00 e. The zero-order chi connectivity index (χ0) is 5.54. The van der Waals surface area contributed by atoms with Crippen molar-refractivity contribution in [2.24, 2.45) is 0 Å². The second-order valence-electron chi connectivity index (χ2n) is 1.06. The molecule has 0 saturated carbocycles. The standard InChI is InChI=1S/C4H10O3.5FH.Sb/c5-1-3-7-4-2-6;;;;;;/h5-6H,1-4H2;5*1H;/q;;;;;;+5/p-5. The number of aliphatic hydroxyl groups is 2. The summed E-state index contributed by atoms with van der Waals surface area (Å²) in [6, 6.07) is 0. The van der Waals surface area contributed by atoms with Crippen molar-refractivity contribution >= 4 is 24.4 Å². The summed E-state index contributed by atoms with van der Waals surface area (Å²) in [5, 5.41) is 16.2. The molecule has 0 spiro atoms. The monoisotopic (exact) mass is 322 g/mol. The molecule has 0 amide bonds. The first-order chi connectivity index (χ1) is 3.41. The summed E-state index contributed by atoms with van der Waals surface area (Å²) in [4.78, 5) is 0. The molecule has 0 aliphatic carbocycles. The van der Waals surface area contributed by atoms with Crippen LogP contribution in [0.15, 0.2) is 0 Å². The van der Waals surface area contributed by atoms with E-state index >= 15 is 0 Å². The van der Waals surface area contributed by atoms with Crippen molar-refractivity contribution in [3.63, 3.8) is 0 Å². The molecule has 0 aromatic carbocycles. The second kappa shape index (κ2) is 55.6. The number of halogens is 5. The summed E-state index contributed by atoms with van der Waals surface area (Å²) in [6.45, 7) is 0.696. The summed E-state index contributed by atoms with van der Waals surface area (Å²) in [5.74, 6) is 0. The Balaban J connectivity index is -0.0000000120.